The largest absolute Gasteiger partial charge is 0.379 e. The monoisotopic (exact) mass is 279 g/mol. The lowest BCUT2D eigenvalue weighted by molar-refractivity contribution is 0.0180. The molecule has 0 aromatic carbocycles. The number of nitrogens with two attached hydrogens (primary N) is 1. The molecule has 0 aromatic rings. The number of hydrogen-bond donors (Lipinski definition) is 1. The Morgan fingerprint density at radius 1 is 1.00 bits per heavy atom. The molecule has 0 spiro atoms. The maximum atomic E-state index is 6.47. The molecule has 0 amide bonds. The van der Waals surface area contributed by atoms with E-state index >= 15 is 0 Å². The van der Waals surface area contributed by atoms with Crippen LogP contribution in [0.25, 0.3) is 0 Å². The molecule has 114 valence electrons. The molecule has 4 rings (SSSR count). The zero-order valence-electron chi connectivity index (χ0n) is 12.5. The molecule has 0 radical (unpaired) electrons. The van der Waals surface area contributed by atoms with E-state index in [0.29, 0.717) is 6.04 Å². The fourth-order valence-electron chi connectivity index (χ4n) is 5.24. The Morgan fingerprint density at radius 3 is 2.55 bits per heavy atom. The van der Waals surface area contributed by atoms with Crippen molar-refractivity contribution in [2.24, 2.45) is 23.5 Å². The van der Waals surface area contributed by atoms with E-state index in [-0.39, 0.29) is 0 Å². The molecule has 4 fully saturated rings. The van der Waals surface area contributed by atoms with Crippen molar-refractivity contribution in [1.29, 1.82) is 0 Å². The first kappa shape index (κ1) is 13.5. The van der Waals surface area contributed by atoms with Crippen LogP contribution >= 0.6 is 0 Å². The van der Waals surface area contributed by atoms with Crippen LogP contribution in [0.5, 0.6) is 0 Å². The van der Waals surface area contributed by atoms with E-state index in [1.54, 1.807) is 0 Å². The zero-order chi connectivity index (χ0) is 13.5. The van der Waals surface area contributed by atoms with E-state index in [4.69, 9.17) is 10.5 Å². The standard InChI is InChI=1S/C16H29N3O/c17-16-13-2-1-12(9-13)15(16)11-18-4-3-14(10-18)19-5-7-20-8-6-19/h12-16H,1-11,17H2. The fourth-order valence-corrected chi connectivity index (χ4v) is 5.24. The van der Waals surface area contributed by atoms with Gasteiger partial charge in [0, 0.05) is 38.3 Å². The maximum Gasteiger partial charge on any atom is 0.0594 e. The van der Waals surface area contributed by atoms with Crippen molar-refractivity contribution in [2.75, 3.05) is 45.9 Å². The first-order chi connectivity index (χ1) is 9.81. The molecular weight excluding hydrogens is 250 g/mol. The lowest BCUT2D eigenvalue weighted by atomic mass is 9.84. The van der Waals surface area contributed by atoms with Crippen LogP contribution in [0.15, 0.2) is 0 Å². The van der Waals surface area contributed by atoms with Gasteiger partial charge in [0.2, 0.25) is 0 Å². The number of ether oxygens (including phenoxy) is 1. The van der Waals surface area contributed by atoms with E-state index in [0.717, 1.165) is 50.1 Å². The summed E-state index contributed by atoms with van der Waals surface area (Å²) in [6.07, 6.45) is 5.62. The van der Waals surface area contributed by atoms with Crippen LogP contribution in [0.3, 0.4) is 0 Å². The second-order valence-corrected chi connectivity index (χ2v) is 7.42. The second kappa shape index (κ2) is 5.56. The lowest BCUT2D eigenvalue weighted by Gasteiger charge is -2.34. The van der Waals surface area contributed by atoms with Gasteiger partial charge >= 0.3 is 0 Å². The van der Waals surface area contributed by atoms with Gasteiger partial charge in [-0.25, -0.2) is 0 Å². The van der Waals surface area contributed by atoms with Crippen LogP contribution < -0.4 is 5.73 Å². The maximum absolute atomic E-state index is 6.47. The zero-order valence-corrected chi connectivity index (χ0v) is 12.5. The van der Waals surface area contributed by atoms with Gasteiger partial charge in [0.1, 0.15) is 0 Å². The van der Waals surface area contributed by atoms with Crippen LogP contribution in [-0.2, 0) is 4.74 Å². The molecule has 2 bridgehead atoms. The Hall–Kier alpha value is -0.160. The van der Waals surface area contributed by atoms with E-state index in [1.807, 2.05) is 0 Å². The predicted molar refractivity (Wildman–Crippen MR) is 79.5 cm³/mol. The average Bonchev–Trinajstić information content (AvgIpc) is 3.19. The summed E-state index contributed by atoms with van der Waals surface area (Å²) in [5.41, 5.74) is 6.47. The molecule has 2 N–H and O–H groups in total. The van der Waals surface area contributed by atoms with Gasteiger partial charge < -0.3 is 15.4 Å². The van der Waals surface area contributed by atoms with Gasteiger partial charge in [-0.1, -0.05) is 0 Å². The van der Waals surface area contributed by atoms with Crippen molar-refractivity contribution in [1.82, 2.24) is 9.80 Å². The molecule has 2 heterocycles. The topological polar surface area (TPSA) is 41.7 Å². The van der Waals surface area contributed by atoms with E-state index in [9.17, 15) is 0 Å². The van der Waals surface area contributed by atoms with Crippen LogP contribution in [0, 0.1) is 17.8 Å². The summed E-state index contributed by atoms with van der Waals surface area (Å²) < 4.78 is 5.47. The summed E-state index contributed by atoms with van der Waals surface area (Å²) in [6.45, 7) is 7.92. The highest BCUT2D eigenvalue weighted by atomic mass is 16.5. The molecule has 5 unspecified atom stereocenters. The average molecular weight is 279 g/mol. The third-order valence-corrected chi connectivity index (χ3v) is 6.44. The summed E-state index contributed by atoms with van der Waals surface area (Å²) in [7, 11) is 0. The third kappa shape index (κ3) is 2.41. The Balaban J connectivity index is 1.30. The molecule has 4 heteroatoms. The van der Waals surface area contributed by atoms with Crippen molar-refractivity contribution in [2.45, 2.75) is 37.8 Å². The van der Waals surface area contributed by atoms with E-state index < -0.39 is 0 Å². The number of fused-ring (bicyclic) bond motifs is 2. The van der Waals surface area contributed by atoms with Crippen LogP contribution in [0.4, 0.5) is 0 Å². The summed E-state index contributed by atoms with van der Waals surface area (Å²) in [6, 6.07) is 1.27. The van der Waals surface area contributed by atoms with Crippen molar-refractivity contribution in [3.63, 3.8) is 0 Å². The highest BCUT2D eigenvalue weighted by molar-refractivity contribution is 5.00. The van der Waals surface area contributed by atoms with Gasteiger partial charge in [-0.05, 0) is 50.0 Å². The van der Waals surface area contributed by atoms with Crippen molar-refractivity contribution < 1.29 is 4.74 Å². The molecule has 2 saturated carbocycles. The molecule has 0 aromatic heterocycles. The number of rotatable bonds is 3. The number of nitrogens with zero attached hydrogens (tertiary/aromatic N) is 2. The quantitative estimate of drug-likeness (QED) is 0.828. The highest BCUT2D eigenvalue weighted by Gasteiger charge is 2.46. The van der Waals surface area contributed by atoms with Crippen LogP contribution in [0.2, 0.25) is 0 Å². The second-order valence-electron chi connectivity index (χ2n) is 7.42. The molecule has 4 nitrogen and oxygen atoms in total. The Bertz CT molecular complexity index is 343. The molecule has 2 saturated heterocycles. The lowest BCUT2D eigenvalue weighted by Crippen LogP contribution is -2.46. The van der Waals surface area contributed by atoms with Gasteiger partial charge in [-0.2, -0.15) is 0 Å². The fraction of sp³-hybridized carbons (Fsp3) is 1.00. The van der Waals surface area contributed by atoms with Gasteiger partial charge in [0.25, 0.3) is 0 Å². The van der Waals surface area contributed by atoms with Gasteiger partial charge in [-0.3, -0.25) is 4.90 Å². The summed E-state index contributed by atoms with van der Waals surface area (Å²) in [5, 5.41) is 0. The van der Waals surface area contributed by atoms with E-state index in [1.165, 1.54) is 45.3 Å². The van der Waals surface area contributed by atoms with Crippen molar-refractivity contribution in [3.8, 4) is 0 Å². The minimum atomic E-state index is 0.496. The molecule has 4 aliphatic rings. The van der Waals surface area contributed by atoms with Crippen LogP contribution in [-0.4, -0.2) is 67.8 Å². The Morgan fingerprint density at radius 2 is 1.80 bits per heavy atom. The van der Waals surface area contributed by atoms with Crippen LogP contribution in [0.1, 0.15) is 25.7 Å². The van der Waals surface area contributed by atoms with E-state index in [2.05, 4.69) is 9.80 Å². The minimum absolute atomic E-state index is 0.496. The number of likely N-dealkylation sites (tertiary alicyclic amines) is 1. The number of hydrogen-bond acceptors (Lipinski definition) is 4. The summed E-state index contributed by atoms with van der Waals surface area (Å²) >= 11 is 0. The molecule has 2 aliphatic carbocycles. The summed E-state index contributed by atoms with van der Waals surface area (Å²) in [5.74, 6) is 2.58. The smallest absolute Gasteiger partial charge is 0.0594 e. The van der Waals surface area contributed by atoms with Crippen molar-refractivity contribution in [3.05, 3.63) is 0 Å². The van der Waals surface area contributed by atoms with Crippen molar-refractivity contribution >= 4 is 0 Å². The molecular formula is C16H29N3O. The Labute approximate surface area is 122 Å². The predicted octanol–water partition coefficient (Wildman–Crippen LogP) is 0.766. The minimum Gasteiger partial charge on any atom is -0.379 e. The SMILES string of the molecule is NC1C2CCC(C2)C1CN1CCC(N2CCOCC2)C1. The highest BCUT2D eigenvalue weighted by Crippen LogP contribution is 2.48. The summed E-state index contributed by atoms with van der Waals surface area (Å²) in [4.78, 5) is 5.34. The molecule has 20 heavy (non-hydrogen) atoms. The normalized spacial score (nSPS) is 46.4. The number of morpholine rings is 1. The molecule has 5 atom stereocenters. The van der Waals surface area contributed by atoms with Gasteiger partial charge in [0.15, 0.2) is 0 Å². The first-order valence-corrected chi connectivity index (χ1v) is 8.61. The van der Waals surface area contributed by atoms with Gasteiger partial charge in [-0.15, -0.1) is 0 Å². The molecule has 2 aliphatic heterocycles. The van der Waals surface area contributed by atoms with Gasteiger partial charge in [0.05, 0.1) is 13.2 Å². The first-order valence-electron chi connectivity index (χ1n) is 8.61. The third-order valence-electron chi connectivity index (χ3n) is 6.44. The Kier molecular flexibility index (Phi) is 3.75.